The van der Waals surface area contributed by atoms with Gasteiger partial charge in [0.25, 0.3) is 5.69 Å². The van der Waals surface area contributed by atoms with E-state index in [1.54, 1.807) is 12.2 Å². The van der Waals surface area contributed by atoms with E-state index in [1.165, 1.54) is 24.3 Å². The van der Waals surface area contributed by atoms with E-state index in [0.717, 1.165) is 4.90 Å². The van der Waals surface area contributed by atoms with Crippen LogP contribution in [-0.4, -0.2) is 47.9 Å². The van der Waals surface area contributed by atoms with Crippen molar-refractivity contribution in [2.45, 2.75) is 18.0 Å². The summed E-state index contributed by atoms with van der Waals surface area (Å²) < 4.78 is 17.1. The molecule has 2 amide bonds. The minimum Gasteiger partial charge on any atom is -0.357 e. The van der Waals surface area contributed by atoms with Gasteiger partial charge in [0.1, 0.15) is 0 Å². The maximum atomic E-state index is 13.1. The van der Waals surface area contributed by atoms with Gasteiger partial charge in [-0.25, -0.2) is 4.90 Å². The zero-order valence-corrected chi connectivity index (χ0v) is 13.4. The zero-order chi connectivity index (χ0) is 18.1. The molecule has 3 saturated heterocycles. The Morgan fingerprint density at radius 2 is 1.96 bits per heavy atom. The molecule has 4 aliphatic rings. The third kappa shape index (κ3) is 1.84. The Labute approximate surface area is 147 Å². The molecule has 2 bridgehead atoms. The summed E-state index contributed by atoms with van der Waals surface area (Å²) in [6.07, 6.45) is 2.22. The van der Waals surface area contributed by atoms with Crippen molar-refractivity contribution in [3.63, 3.8) is 0 Å². The van der Waals surface area contributed by atoms with Gasteiger partial charge in [0, 0.05) is 12.1 Å². The van der Waals surface area contributed by atoms with Gasteiger partial charge in [-0.3, -0.25) is 19.7 Å². The summed E-state index contributed by atoms with van der Waals surface area (Å²) in [7, 11) is 0. The highest BCUT2D eigenvalue weighted by molar-refractivity contribution is 6.23. The topological polar surface area (TPSA) is 108 Å². The molecule has 26 heavy (non-hydrogen) atoms. The van der Waals surface area contributed by atoms with Gasteiger partial charge in [0.05, 0.1) is 41.8 Å². The van der Waals surface area contributed by atoms with Crippen LogP contribution in [0.1, 0.15) is 0 Å². The number of ether oxygens (including phenoxy) is 3. The van der Waals surface area contributed by atoms with Crippen LogP contribution >= 0.6 is 0 Å². The molecule has 134 valence electrons. The number of nitro benzene ring substituents is 1. The fourth-order valence-corrected chi connectivity index (χ4v) is 4.33. The molecule has 4 atom stereocenters. The maximum absolute atomic E-state index is 13.1. The van der Waals surface area contributed by atoms with Crippen LogP contribution < -0.4 is 4.90 Å². The van der Waals surface area contributed by atoms with Crippen molar-refractivity contribution < 1.29 is 28.7 Å². The average molecular weight is 358 g/mol. The van der Waals surface area contributed by atoms with Crippen molar-refractivity contribution in [2.75, 3.05) is 18.1 Å². The van der Waals surface area contributed by atoms with Gasteiger partial charge in [-0.05, 0) is 12.1 Å². The zero-order valence-electron chi connectivity index (χ0n) is 13.4. The number of anilines is 1. The summed E-state index contributed by atoms with van der Waals surface area (Å²) >= 11 is 0. The highest BCUT2D eigenvalue weighted by atomic mass is 16.7. The number of carbonyl (C=O) groups is 2. The molecule has 0 radical (unpaired) electrons. The summed E-state index contributed by atoms with van der Waals surface area (Å²) in [5.41, 5.74) is -1.13. The Balaban J connectivity index is 1.55. The van der Waals surface area contributed by atoms with Crippen molar-refractivity contribution in [1.29, 1.82) is 0 Å². The van der Waals surface area contributed by atoms with Crippen LogP contribution in [0.2, 0.25) is 0 Å². The van der Waals surface area contributed by atoms with E-state index in [-0.39, 0.29) is 11.4 Å². The van der Waals surface area contributed by atoms with Gasteiger partial charge < -0.3 is 14.2 Å². The van der Waals surface area contributed by atoms with Crippen molar-refractivity contribution in [2.24, 2.45) is 11.8 Å². The third-order valence-corrected chi connectivity index (χ3v) is 5.37. The number of hydrogen-bond acceptors (Lipinski definition) is 7. The molecule has 0 N–H and O–H groups in total. The lowest BCUT2D eigenvalue weighted by Crippen LogP contribution is -2.49. The van der Waals surface area contributed by atoms with Gasteiger partial charge in [-0.1, -0.05) is 12.1 Å². The second-order valence-electron chi connectivity index (χ2n) is 6.66. The minimum atomic E-state index is -1.13. The predicted octanol–water partition coefficient (Wildman–Crippen LogP) is 0.781. The first-order valence-electron chi connectivity index (χ1n) is 8.25. The number of fused-ring (bicyclic) bond motifs is 5. The molecule has 1 aromatic carbocycles. The number of nitrogens with zero attached hydrogens (tertiary/aromatic N) is 2. The molecule has 1 aromatic rings. The Bertz CT molecular complexity index is 862. The van der Waals surface area contributed by atoms with E-state index < -0.39 is 46.6 Å². The quantitative estimate of drug-likeness (QED) is 0.340. The first-order chi connectivity index (χ1) is 12.5. The van der Waals surface area contributed by atoms with Crippen LogP contribution in [-0.2, 0) is 23.8 Å². The second-order valence-corrected chi connectivity index (χ2v) is 6.66. The predicted molar refractivity (Wildman–Crippen MR) is 85.0 cm³/mol. The van der Waals surface area contributed by atoms with Crippen molar-refractivity contribution in [3.05, 3.63) is 46.5 Å². The monoisotopic (exact) mass is 358 g/mol. The normalized spacial score (nSPS) is 35.5. The first kappa shape index (κ1) is 15.6. The van der Waals surface area contributed by atoms with E-state index in [2.05, 4.69) is 0 Å². The van der Waals surface area contributed by atoms with Crippen LogP contribution in [0, 0.1) is 22.0 Å². The van der Waals surface area contributed by atoms with Crippen LogP contribution in [0.5, 0.6) is 0 Å². The van der Waals surface area contributed by atoms with Gasteiger partial charge in [-0.2, -0.15) is 0 Å². The molecule has 5 rings (SSSR count). The summed E-state index contributed by atoms with van der Waals surface area (Å²) in [5, 5.41) is 11.0. The van der Waals surface area contributed by atoms with E-state index in [4.69, 9.17) is 14.2 Å². The number of amides is 2. The number of benzene rings is 1. The second kappa shape index (κ2) is 5.19. The van der Waals surface area contributed by atoms with Crippen LogP contribution in [0.3, 0.4) is 0 Å². The molecular formula is C17H14N2O7. The number of non-ortho nitro benzene ring substituents is 1. The van der Waals surface area contributed by atoms with Crippen LogP contribution in [0.4, 0.5) is 11.4 Å². The number of hydrogen-bond donors (Lipinski definition) is 0. The van der Waals surface area contributed by atoms with E-state index >= 15 is 0 Å². The molecule has 0 saturated carbocycles. The molecule has 0 spiro atoms. The van der Waals surface area contributed by atoms with E-state index in [9.17, 15) is 19.7 Å². The molecule has 0 aromatic heterocycles. The van der Waals surface area contributed by atoms with Crippen molar-refractivity contribution in [3.8, 4) is 0 Å². The number of imide groups is 1. The maximum Gasteiger partial charge on any atom is 0.271 e. The van der Waals surface area contributed by atoms with Crippen molar-refractivity contribution >= 4 is 23.2 Å². The van der Waals surface area contributed by atoms with Crippen LogP contribution in [0.25, 0.3) is 0 Å². The Kier molecular flexibility index (Phi) is 3.12. The molecule has 0 unspecified atom stereocenters. The smallest absolute Gasteiger partial charge is 0.271 e. The highest BCUT2D eigenvalue weighted by Gasteiger charge is 2.71. The Morgan fingerprint density at radius 3 is 2.69 bits per heavy atom. The molecular weight excluding hydrogens is 344 g/mol. The molecule has 9 heteroatoms. The number of carbonyl (C=O) groups excluding carboxylic acids is 2. The fourth-order valence-electron chi connectivity index (χ4n) is 4.33. The molecule has 4 aliphatic heterocycles. The van der Waals surface area contributed by atoms with Gasteiger partial charge >= 0.3 is 0 Å². The van der Waals surface area contributed by atoms with Gasteiger partial charge in [0.2, 0.25) is 11.8 Å². The lowest BCUT2D eigenvalue weighted by molar-refractivity contribution is -0.384. The summed E-state index contributed by atoms with van der Waals surface area (Å²) in [4.78, 5) is 37.6. The fraction of sp³-hybridized carbons (Fsp3) is 0.412. The number of rotatable bonds is 3. The van der Waals surface area contributed by atoms with Crippen LogP contribution in [0.15, 0.2) is 36.4 Å². The summed E-state index contributed by atoms with van der Waals surface area (Å²) in [5.74, 6) is -2.33. The van der Waals surface area contributed by atoms with Crippen molar-refractivity contribution in [1.82, 2.24) is 0 Å². The minimum absolute atomic E-state index is 0.185. The summed E-state index contributed by atoms with van der Waals surface area (Å²) in [6.45, 7) is 0.783. The molecule has 3 fully saturated rings. The van der Waals surface area contributed by atoms with E-state index in [0.29, 0.717) is 13.2 Å². The number of nitro groups is 1. The SMILES string of the molecule is O=C1[C@@H]2[C@@H](C(=O)N1c1cccc([N+](=O)[O-])c1)[C@@]1(C3OCCO3)C=C[C@H]2O1. The van der Waals surface area contributed by atoms with E-state index in [1.807, 2.05) is 0 Å². The molecule has 0 aliphatic carbocycles. The first-order valence-corrected chi connectivity index (χ1v) is 8.25. The summed E-state index contributed by atoms with van der Waals surface area (Å²) in [6, 6.07) is 5.49. The lowest BCUT2D eigenvalue weighted by atomic mass is 9.76. The highest BCUT2D eigenvalue weighted by Crippen LogP contribution is 2.55. The standard InChI is InChI=1S/C17H14N2O7/c20-14-12-11-4-5-17(26-11,16-24-6-7-25-16)13(12)15(21)18(14)9-2-1-3-10(8-9)19(22)23/h1-5,8,11-13,16H,6-7H2/t11-,12+,13+,17-/m1/s1. The average Bonchev–Trinajstić information content (AvgIpc) is 3.38. The Morgan fingerprint density at radius 1 is 1.19 bits per heavy atom. The molecule has 4 heterocycles. The van der Waals surface area contributed by atoms with Gasteiger partial charge in [-0.15, -0.1) is 0 Å². The Hall–Kier alpha value is -2.62. The molecule has 9 nitrogen and oxygen atoms in total. The van der Waals surface area contributed by atoms with Gasteiger partial charge in [0.15, 0.2) is 11.9 Å². The third-order valence-electron chi connectivity index (χ3n) is 5.37. The largest absolute Gasteiger partial charge is 0.357 e. The lowest BCUT2D eigenvalue weighted by Gasteiger charge is -2.32.